The minimum Gasteiger partial charge on any atom is -0.308 e. The van der Waals surface area contributed by atoms with E-state index in [0.29, 0.717) is 0 Å². The summed E-state index contributed by atoms with van der Waals surface area (Å²) in [7, 11) is 0. The highest BCUT2D eigenvalue weighted by Crippen LogP contribution is 2.25. The van der Waals surface area contributed by atoms with Crippen molar-refractivity contribution >= 4 is 5.82 Å². The summed E-state index contributed by atoms with van der Waals surface area (Å²) < 4.78 is 0. The smallest absolute Gasteiger partial charge is 0.147 e. The molecule has 4 heteroatoms. The van der Waals surface area contributed by atoms with Crippen molar-refractivity contribution in [2.75, 3.05) is 5.43 Å². The fourth-order valence-electron chi connectivity index (χ4n) is 2.78. The maximum Gasteiger partial charge on any atom is 0.147 e. The highest BCUT2D eigenvalue weighted by molar-refractivity contribution is 5.46. The zero-order valence-corrected chi connectivity index (χ0v) is 11.6. The van der Waals surface area contributed by atoms with Gasteiger partial charge in [-0.05, 0) is 37.7 Å². The van der Waals surface area contributed by atoms with Gasteiger partial charge in [-0.2, -0.15) is 0 Å². The molecule has 0 radical (unpaired) electrons. The highest BCUT2D eigenvalue weighted by Gasteiger charge is 2.17. The van der Waals surface area contributed by atoms with Crippen molar-refractivity contribution in [1.82, 2.24) is 9.97 Å². The van der Waals surface area contributed by atoms with Crippen LogP contribution in [0.2, 0.25) is 0 Å². The number of hydrogen-bond acceptors (Lipinski definition) is 4. The number of fused-ring (bicyclic) bond motifs is 1. The highest BCUT2D eigenvalue weighted by atomic mass is 15.3. The minimum atomic E-state index is 0.817. The fourth-order valence-corrected chi connectivity index (χ4v) is 2.78. The molecule has 1 heterocycles. The summed E-state index contributed by atoms with van der Waals surface area (Å²) in [4.78, 5) is 9.30. The Morgan fingerprint density at radius 3 is 2.60 bits per heavy atom. The minimum absolute atomic E-state index is 0.817. The molecule has 0 atom stereocenters. The Kier molecular flexibility index (Phi) is 3.92. The molecule has 1 aliphatic rings. The van der Waals surface area contributed by atoms with Gasteiger partial charge in [0.15, 0.2) is 0 Å². The van der Waals surface area contributed by atoms with Gasteiger partial charge in [-0.15, -0.1) is 0 Å². The number of aromatic nitrogens is 2. The Morgan fingerprint density at radius 2 is 1.80 bits per heavy atom. The quantitative estimate of drug-likeness (QED) is 0.660. The Hall–Kier alpha value is -1.94. The Labute approximate surface area is 119 Å². The number of nitrogens with two attached hydrogens (primary N) is 1. The van der Waals surface area contributed by atoms with E-state index in [9.17, 15) is 0 Å². The second kappa shape index (κ2) is 6.01. The van der Waals surface area contributed by atoms with E-state index >= 15 is 0 Å². The molecule has 1 aliphatic carbocycles. The first-order valence-electron chi connectivity index (χ1n) is 7.26. The van der Waals surface area contributed by atoms with E-state index in [2.05, 4.69) is 34.7 Å². The van der Waals surface area contributed by atoms with Crippen LogP contribution in [-0.2, 0) is 25.7 Å². The van der Waals surface area contributed by atoms with E-state index in [1.807, 2.05) is 6.07 Å². The molecule has 0 fully saturated rings. The number of anilines is 1. The van der Waals surface area contributed by atoms with Gasteiger partial charge >= 0.3 is 0 Å². The number of nitrogens with one attached hydrogen (secondary N) is 1. The molecule has 0 bridgehead atoms. The lowest BCUT2D eigenvalue weighted by molar-refractivity contribution is 0.654. The Morgan fingerprint density at radius 1 is 1.00 bits per heavy atom. The standard InChI is InChI=1S/C16H20N4/c17-20-16-13-8-4-5-9-14(13)18-15(19-16)11-10-12-6-2-1-3-7-12/h1-3,6-7H,4-5,8-11,17H2,(H,18,19,20). The summed E-state index contributed by atoms with van der Waals surface area (Å²) in [6, 6.07) is 10.4. The summed E-state index contributed by atoms with van der Waals surface area (Å²) in [6.45, 7) is 0. The van der Waals surface area contributed by atoms with E-state index in [-0.39, 0.29) is 0 Å². The van der Waals surface area contributed by atoms with Gasteiger partial charge in [-0.25, -0.2) is 15.8 Å². The van der Waals surface area contributed by atoms with Crippen molar-refractivity contribution in [3.8, 4) is 0 Å². The SMILES string of the molecule is NNc1nc(CCc2ccccc2)nc2c1CCCC2. The molecule has 0 unspecified atom stereocenters. The van der Waals surface area contributed by atoms with Crippen LogP contribution >= 0.6 is 0 Å². The molecule has 1 aromatic heterocycles. The normalized spacial score (nSPS) is 13.8. The van der Waals surface area contributed by atoms with E-state index in [0.717, 1.165) is 37.3 Å². The van der Waals surface area contributed by atoms with Gasteiger partial charge in [0.1, 0.15) is 11.6 Å². The molecule has 3 rings (SSSR count). The van der Waals surface area contributed by atoms with Gasteiger partial charge in [0.05, 0.1) is 0 Å². The van der Waals surface area contributed by atoms with Crippen LogP contribution in [0.5, 0.6) is 0 Å². The number of aryl methyl sites for hydroxylation is 3. The molecule has 20 heavy (non-hydrogen) atoms. The molecule has 3 N–H and O–H groups in total. The summed E-state index contributed by atoms with van der Waals surface area (Å²) >= 11 is 0. The van der Waals surface area contributed by atoms with Crippen molar-refractivity contribution in [2.45, 2.75) is 38.5 Å². The van der Waals surface area contributed by atoms with Gasteiger partial charge in [-0.1, -0.05) is 30.3 Å². The average Bonchev–Trinajstić information content (AvgIpc) is 2.53. The number of nitrogen functional groups attached to an aromatic ring is 1. The van der Waals surface area contributed by atoms with Gasteiger partial charge in [-0.3, -0.25) is 0 Å². The lowest BCUT2D eigenvalue weighted by Crippen LogP contribution is -2.18. The molecule has 0 saturated carbocycles. The van der Waals surface area contributed by atoms with Crippen molar-refractivity contribution < 1.29 is 0 Å². The summed E-state index contributed by atoms with van der Waals surface area (Å²) in [5.74, 6) is 7.32. The van der Waals surface area contributed by atoms with E-state index in [1.165, 1.54) is 29.7 Å². The van der Waals surface area contributed by atoms with E-state index < -0.39 is 0 Å². The van der Waals surface area contributed by atoms with E-state index in [1.54, 1.807) is 0 Å². The lowest BCUT2D eigenvalue weighted by atomic mass is 9.96. The lowest BCUT2D eigenvalue weighted by Gasteiger charge is -2.18. The first kappa shape index (κ1) is 13.1. The molecule has 0 amide bonds. The van der Waals surface area contributed by atoms with Crippen LogP contribution in [0.25, 0.3) is 0 Å². The van der Waals surface area contributed by atoms with Crippen LogP contribution in [0.15, 0.2) is 30.3 Å². The zero-order valence-electron chi connectivity index (χ0n) is 11.6. The van der Waals surface area contributed by atoms with Crippen molar-refractivity contribution in [3.63, 3.8) is 0 Å². The number of nitrogens with zero attached hydrogens (tertiary/aromatic N) is 2. The third-order valence-corrected chi connectivity index (χ3v) is 3.85. The Balaban J connectivity index is 1.79. The summed E-state index contributed by atoms with van der Waals surface area (Å²) in [6.07, 6.45) is 6.31. The number of benzene rings is 1. The second-order valence-electron chi connectivity index (χ2n) is 5.25. The summed E-state index contributed by atoms with van der Waals surface area (Å²) in [5, 5.41) is 0. The maximum absolute atomic E-state index is 5.61. The summed E-state index contributed by atoms with van der Waals surface area (Å²) in [5.41, 5.74) is 6.45. The monoisotopic (exact) mass is 268 g/mol. The largest absolute Gasteiger partial charge is 0.308 e. The molecule has 0 saturated heterocycles. The van der Waals surface area contributed by atoms with Gasteiger partial charge < -0.3 is 5.43 Å². The number of hydrazine groups is 1. The molecule has 2 aromatic rings. The van der Waals surface area contributed by atoms with Gasteiger partial charge in [0.2, 0.25) is 0 Å². The van der Waals surface area contributed by atoms with Crippen molar-refractivity contribution in [2.24, 2.45) is 5.84 Å². The van der Waals surface area contributed by atoms with Crippen LogP contribution in [0.3, 0.4) is 0 Å². The first-order chi connectivity index (χ1) is 9.86. The number of rotatable bonds is 4. The van der Waals surface area contributed by atoms with Crippen molar-refractivity contribution in [1.29, 1.82) is 0 Å². The molecule has 104 valence electrons. The van der Waals surface area contributed by atoms with Crippen LogP contribution in [0.1, 0.15) is 35.5 Å². The van der Waals surface area contributed by atoms with Crippen LogP contribution in [0, 0.1) is 0 Å². The third kappa shape index (κ3) is 2.80. The molecular weight excluding hydrogens is 248 g/mol. The molecular formula is C16H20N4. The molecule has 0 spiro atoms. The second-order valence-corrected chi connectivity index (χ2v) is 5.25. The van der Waals surface area contributed by atoms with Crippen LogP contribution < -0.4 is 11.3 Å². The molecule has 4 nitrogen and oxygen atoms in total. The Bertz CT molecular complexity index is 563. The average molecular weight is 268 g/mol. The number of hydrogen-bond donors (Lipinski definition) is 2. The predicted molar refractivity (Wildman–Crippen MR) is 80.3 cm³/mol. The fraction of sp³-hybridized carbons (Fsp3) is 0.375. The predicted octanol–water partition coefficient (Wildman–Crippen LogP) is 2.43. The van der Waals surface area contributed by atoms with Crippen LogP contribution in [-0.4, -0.2) is 9.97 Å². The van der Waals surface area contributed by atoms with E-state index in [4.69, 9.17) is 10.8 Å². The maximum atomic E-state index is 5.61. The van der Waals surface area contributed by atoms with Crippen LogP contribution in [0.4, 0.5) is 5.82 Å². The van der Waals surface area contributed by atoms with Gasteiger partial charge in [0, 0.05) is 17.7 Å². The van der Waals surface area contributed by atoms with Gasteiger partial charge in [0.25, 0.3) is 0 Å². The topological polar surface area (TPSA) is 63.8 Å². The van der Waals surface area contributed by atoms with Crippen molar-refractivity contribution in [3.05, 3.63) is 53.0 Å². The molecule has 1 aromatic carbocycles. The first-order valence-corrected chi connectivity index (χ1v) is 7.26. The zero-order chi connectivity index (χ0) is 13.8. The third-order valence-electron chi connectivity index (χ3n) is 3.85. The molecule has 0 aliphatic heterocycles.